The van der Waals surface area contributed by atoms with Gasteiger partial charge < -0.3 is 30.6 Å². The predicted molar refractivity (Wildman–Crippen MR) is 135 cm³/mol. The molecule has 6 atom stereocenters. The van der Waals surface area contributed by atoms with Crippen LogP contribution in [0.25, 0.3) is 10.9 Å². The van der Waals surface area contributed by atoms with Gasteiger partial charge in [0, 0.05) is 29.9 Å². The highest BCUT2D eigenvalue weighted by atomic mass is 16.2. The molecule has 10 heteroatoms. The van der Waals surface area contributed by atoms with Gasteiger partial charge in [-0.25, -0.2) is 0 Å². The van der Waals surface area contributed by atoms with E-state index in [2.05, 4.69) is 34.8 Å². The van der Waals surface area contributed by atoms with E-state index in [0.717, 1.165) is 10.9 Å². The number of benzene rings is 1. The Bertz CT molecular complexity index is 1240. The zero-order chi connectivity index (χ0) is 26.5. The molecule has 1 aromatic heterocycles. The van der Waals surface area contributed by atoms with Gasteiger partial charge in [-0.05, 0) is 49.1 Å². The van der Waals surface area contributed by atoms with Crippen molar-refractivity contribution in [2.24, 2.45) is 23.2 Å². The summed E-state index contributed by atoms with van der Waals surface area (Å²) in [6, 6.07) is 6.86. The van der Waals surface area contributed by atoms with Crippen molar-refractivity contribution in [2.45, 2.75) is 51.7 Å². The summed E-state index contributed by atoms with van der Waals surface area (Å²) in [7, 11) is 0. The number of aromatic nitrogens is 1. The van der Waals surface area contributed by atoms with E-state index in [4.69, 9.17) is 0 Å². The number of hydrogen-bond donors (Lipinski definition) is 4. The maximum Gasteiger partial charge on any atom is 0.268 e. The number of para-hydroxylation sites is 1. The van der Waals surface area contributed by atoms with Crippen molar-refractivity contribution < 1.29 is 24.0 Å². The fourth-order valence-electron chi connectivity index (χ4n) is 6.19. The normalized spacial score (nSPS) is 27.2. The van der Waals surface area contributed by atoms with Gasteiger partial charge in [0.05, 0.1) is 6.04 Å². The molecule has 4 amide bonds. The Kier molecular flexibility index (Phi) is 6.29. The van der Waals surface area contributed by atoms with Crippen molar-refractivity contribution in [3.05, 3.63) is 36.0 Å². The van der Waals surface area contributed by atoms with Crippen molar-refractivity contribution >= 4 is 40.8 Å². The number of fused-ring (bicyclic) bond motifs is 2. The van der Waals surface area contributed by atoms with Crippen molar-refractivity contribution in [2.75, 3.05) is 13.1 Å². The summed E-state index contributed by atoms with van der Waals surface area (Å²) in [5.74, 6) is -1.43. The fraction of sp³-hybridized carbons (Fsp3) is 0.519. The van der Waals surface area contributed by atoms with Crippen LogP contribution in [0.4, 0.5) is 0 Å². The van der Waals surface area contributed by atoms with Gasteiger partial charge in [0.1, 0.15) is 24.1 Å². The van der Waals surface area contributed by atoms with Crippen molar-refractivity contribution in [3.8, 4) is 0 Å². The molecule has 2 aliphatic heterocycles. The molecule has 196 valence electrons. The van der Waals surface area contributed by atoms with Crippen molar-refractivity contribution in [1.29, 1.82) is 0 Å². The first-order chi connectivity index (χ1) is 17.6. The molecule has 1 aromatic carbocycles. The summed E-state index contributed by atoms with van der Waals surface area (Å²) in [4.78, 5) is 68.0. The molecule has 1 aliphatic carbocycles. The molecule has 2 saturated heterocycles. The van der Waals surface area contributed by atoms with Gasteiger partial charge in [0.25, 0.3) is 5.91 Å². The van der Waals surface area contributed by atoms with Crippen LogP contribution in [0, 0.1) is 23.2 Å². The number of carbonyl (C=O) groups excluding carboxylic acids is 5. The number of nitrogens with one attached hydrogen (secondary N) is 4. The molecule has 5 rings (SSSR count). The summed E-state index contributed by atoms with van der Waals surface area (Å²) in [6.07, 6.45) is 1.51. The first kappa shape index (κ1) is 25.0. The lowest BCUT2D eigenvalue weighted by molar-refractivity contribution is -0.142. The van der Waals surface area contributed by atoms with E-state index < -0.39 is 29.9 Å². The minimum absolute atomic E-state index is 0.0323. The number of amides is 4. The van der Waals surface area contributed by atoms with Crippen LogP contribution in [0.1, 0.15) is 44.1 Å². The number of carbonyl (C=O) groups is 5. The van der Waals surface area contributed by atoms with Crippen LogP contribution >= 0.6 is 0 Å². The SMILES string of the molecule is C[C@H](NC(=O)c1cc2ccccc2[nH]1)C(=O)N1C[C@H]2[C@@H]([C@H]1C(=O)N[C@H](C=O)C[C@@H]1CCNC1=O)C2(C)C. The number of rotatable bonds is 8. The maximum absolute atomic E-state index is 13.5. The quantitative estimate of drug-likeness (QED) is 0.394. The van der Waals surface area contributed by atoms with Crippen molar-refractivity contribution in [1.82, 2.24) is 25.8 Å². The Morgan fingerprint density at radius 2 is 1.97 bits per heavy atom. The van der Waals surface area contributed by atoms with Crippen LogP contribution in [0.3, 0.4) is 0 Å². The van der Waals surface area contributed by atoms with E-state index in [1.165, 1.54) is 4.90 Å². The molecule has 0 unspecified atom stereocenters. The van der Waals surface area contributed by atoms with Gasteiger partial charge in [-0.2, -0.15) is 0 Å². The number of aromatic amines is 1. The molecular formula is C27H33N5O5. The van der Waals surface area contributed by atoms with Gasteiger partial charge in [-0.1, -0.05) is 32.0 Å². The lowest BCUT2D eigenvalue weighted by atomic mass is 9.97. The standard InChI is InChI=1S/C27H33N5O5/c1-14(29-24(35)20-11-15-6-4-5-7-19(15)31-20)26(37)32-12-18-21(27(18,2)3)22(32)25(36)30-17(13-33)10-16-8-9-28-23(16)34/h4-7,11,13-14,16-18,21-22,31H,8-10,12H2,1-3H3,(H,28,34)(H,29,35)(H,30,36)/t14-,16-,17-,18-,21-,22-/m0/s1. The second-order valence-electron chi connectivity index (χ2n) is 11.1. The van der Waals surface area contributed by atoms with Crippen molar-refractivity contribution in [3.63, 3.8) is 0 Å². The third kappa shape index (κ3) is 4.49. The van der Waals surface area contributed by atoms with E-state index in [-0.39, 0.29) is 41.4 Å². The molecule has 3 aliphatic rings. The highest BCUT2D eigenvalue weighted by Gasteiger charge is 2.69. The topological polar surface area (TPSA) is 140 Å². The largest absolute Gasteiger partial charge is 0.356 e. The summed E-state index contributed by atoms with van der Waals surface area (Å²) < 4.78 is 0. The first-order valence-electron chi connectivity index (χ1n) is 12.8. The summed E-state index contributed by atoms with van der Waals surface area (Å²) >= 11 is 0. The zero-order valence-corrected chi connectivity index (χ0v) is 21.2. The van der Waals surface area contributed by atoms with Crippen LogP contribution in [0.15, 0.2) is 30.3 Å². The van der Waals surface area contributed by atoms with Crippen LogP contribution in [-0.2, 0) is 19.2 Å². The minimum atomic E-state index is -0.848. The number of piperidine rings is 1. The number of hydrogen-bond acceptors (Lipinski definition) is 5. The highest BCUT2D eigenvalue weighted by molar-refractivity contribution is 6.01. The lowest BCUT2D eigenvalue weighted by Crippen LogP contribution is -2.56. The van der Waals surface area contributed by atoms with E-state index >= 15 is 0 Å². The number of aldehydes is 1. The van der Waals surface area contributed by atoms with Crippen LogP contribution in [0.5, 0.6) is 0 Å². The smallest absolute Gasteiger partial charge is 0.268 e. The van der Waals surface area contributed by atoms with E-state index in [1.807, 2.05) is 24.3 Å². The monoisotopic (exact) mass is 507 g/mol. The summed E-state index contributed by atoms with van der Waals surface area (Å²) in [5, 5.41) is 9.18. The maximum atomic E-state index is 13.5. The Labute approximate surface area is 214 Å². The molecule has 0 spiro atoms. The van der Waals surface area contributed by atoms with Gasteiger partial charge in [-0.3, -0.25) is 19.2 Å². The molecule has 0 bridgehead atoms. The Hall–Kier alpha value is -3.69. The molecule has 3 fully saturated rings. The molecule has 3 heterocycles. The number of nitrogens with zero attached hydrogens (tertiary/aromatic N) is 1. The number of likely N-dealkylation sites (tertiary alicyclic amines) is 1. The molecule has 4 N–H and O–H groups in total. The van der Waals surface area contributed by atoms with Gasteiger partial charge >= 0.3 is 0 Å². The Morgan fingerprint density at radius 1 is 1.22 bits per heavy atom. The third-order valence-corrected chi connectivity index (χ3v) is 8.45. The molecule has 10 nitrogen and oxygen atoms in total. The molecule has 37 heavy (non-hydrogen) atoms. The number of H-pyrrole nitrogens is 1. The summed E-state index contributed by atoms with van der Waals surface area (Å²) in [6.45, 7) is 6.74. The molecule has 2 aromatic rings. The van der Waals surface area contributed by atoms with Crippen LogP contribution in [0.2, 0.25) is 0 Å². The van der Waals surface area contributed by atoms with Gasteiger partial charge in [0.15, 0.2) is 0 Å². The average molecular weight is 508 g/mol. The third-order valence-electron chi connectivity index (χ3n) is 8.45. The van der Waals surface area contributed by atoms with E-state index in [9.17, 15) is 24.0 Å². The highest BCUT2D eigenvalue weighted by Crippen LogP contribution is 2.64. The molecule has 1 saturated carbocycles. The second-order valence-corrected chi connectivity index (χ2v) is 11.1. The van der Waals surface area contributed by atoms with E-state index in [1.54, 1.807) is 13.0 Å². The zero-order valence-electron chi connectivity index (χ0n) is 21.2. The van der Waals surface area contributed by atoms with Gasteiger partial charge in [-0.15, -0.1) is 0 Å². The fourth-order valence-corrected chi connectivity index (χ4v) is 6.19. The average Bonchev–Trinajstić information content (AvgIpc) is 3.39. The second kappa shape index (κ2) is 9.32. The summed E-state index contributed by atoms with van der Waals surface area (Å²) in [5.41, 5.74) is 1.08. The minimum Gasteiger partial charge on any atom is -0.356 e. The molecular weight excluding hydrogens is 474 g/mol. The first-order valence-corrected chi connectivity index (χ1v) is 12.8. The van der Waals surface area contributed by atoms with Gasteiger partial charge in [0.2, 0.25) is 17.7 Å². The molecule has 0 radical (unpaired) electrons. The van der Waals surface area contributed by atoms with Crippen LogP contribution in [-0.4, -0.2) is 71.0 Å². The Morgan fingerprint density at radius 3 is 2.65 bits per heavy atom. The van der Waals surface area contributed by atoms with E-state index in [0.29, 0.717) is 31.5 Å². The predicted octanol–water partition coefficient (Wildman–Crippen LogP) is 0.979. The lowest BCUT2D eigenvalue weighted by Gasteiger charge is -2.32. The Balaban J connectivity index is 1.27. The van der Waals surface area contributed by atoms with Crippen LogP contribution < -0.4 is 16.0 Å².